The van der Waals surface area contributed by atoms with Gasteiger partial charge in [-0.25, -0.2) is 0 Å². The summed E-state index contributed by atoms with van der Waals surface area (Å²) in [5, 5.41) is 8.95. The highest BCUT2D eigenvalue weighted by atomic mass is 16.6. The van der Waals surface area contributed by atoms with Crippen molar-refractivity contribution in [3.63, 3.8) is 0 Å². The molecule has 1 unspecified atom stereocenters. The van der Waals surface area contributed by atoms with Crippen molar-refractivity contribution in [2.75, 3.05) is 0 Å². The van der Waals surface area contributed by atoms with Gasteiger partial charge in [-0.05, 0) is 6.42 Å². The van der Waals surface area contributed by atoms with Gasteiger partial charge in [0.05, 0.1) is 0 Å². The van der Waals surface area contributed by atoms with E-state index >= 15 is 0 Å². The number of esters is 1. The predicted molar refractivity (Wildman–Crippen MR) is 41.8 cm³/mol. The smallest absolute Gasteiger partial charge is 0.304 e. The number of allylic oxidation sites excluding steroid dienone is 1. The lowest BCUT2D eigenvalue weighted by atomic mass is 10.3. The third-order valence-corrected chi connectivity index (χ3v) is 1.04. The standard InChI is InChI=1S/C8H14O3/c1-3-4-5-6-8(10)11-7(2)9/h4-5,8,10H,3,6H2,1-2H3/b5-4+. The van der Waals surface area contributed by atoms with Crippen LogP contribution in [-0.4, -0.2) is 17.4 Å². The largest absolute Gasteiger partial charge is 0.436 e. The molecule has 0 bridgehead atoms. The van der Waals surface area contributed by atoms with Crippen molar-refractivity contribution in [2.24, 2.45) is 0 Å². The van der Waals surface area contributed by atoms with Crippen LogP contribution in [0.4, 0.5) is 0 Å². The number of carbonyl (C=O) groups excluding carboxylic acids is 1. The van der Waals surface area contributed by atoms with Crippen molar-refractivity contribution >= 4 is 5.97 Å². The molecule has 0 amide bonds. The Morgan fingerprint density at radius 2 is 2.27 bits per heavy atom. The fourth-order valence-corrected chi connectivity index (χ4v) is 0.619. The van der Waals surface area contributed by atoms with Crippen LogP contribution >= 0.6 is 0 Å². The summed E-state index contributed by atoms with van der Waals surface area (Å²) in [4.78, 5) is 10.3. The highest BCUT2D eigenvalue weighted by Crippen LogP contribution is 1.96. The Labute approximate surface area is 66.7 Å². The summed E-state index contributed by atoms with van der Waals surface area (Å²) in [6.07, 6.45) is 4.00. The number of aliphatic hydroxyl groups excluding tert-OH is 1. The molecule has 3 heteroatoms. The fourth-order valence-electron chi connectivity index (χ4n) is 0.619. The molecule has 1 N–H and O–H groups in total. The maximum atomic E-state index is 10.3. The summed E-state index contributed by atoms with van der Waals surface area (Å²) < 4.78 is 4.46. The topological polar surface area (TPSA) is 46.5 Å². The average molecular weight is 158 g/mol. The summed E-state index contributed by atoms with van der Waals surface area (Å²) in [5.41, 5.74) is 0. The zero-order valence-electron chi connectivity index (χ0n) is 6.91. The number of ether oxygens (including phenoxy) is 1. The molecule has 64 valence electrons. The average Bonchev–Trinajstić information content (AvgIpc) is 1.86. The van der Waals surface area contributed by atoms with Crippen LogP contribution in [0, 0.1) is 0 Å². The Morgan fingerprint density at radius 1 is 1.64 bits per heavy atom. The highest BCUT2D eigenvalue weighted by Gasteiger charge is 2.02. The van der Waals surface area contributed by atoms with Gasteiger partial charge in [-0.1, -0.05) is 19.1 Å². The van der Waals surface area contributed by atoms with Gasteiger partial charge in [0.2, 0.25) is 6.29 Å². The number of aliphatic hydroxyl groups is 1. The number of carbonyl (C=O) groups is 1. The van der Waals surface area contributed by atoms with Gasteiger partial charge < -0.3 is 9.84 Å². The van der Waals surface area contributed by atoms with Crippen molar-refractivity contribution in [3.8, 4) is 0 Å². The van der Waals surface area contributed by atoms with Crippen molar-refractivity contribution in [3.05, 3.63) is 12.2 Å². The molecule has 11 heavy (non-hydrogen) atoms. The molecule has 0 aliphatic heterocycles. The van der Waals surface area contributed by atoms with Gasteiger partial charge in [0.1, 0.15) is 0 Å². The molecule has 0 aliphatic rings. The van der Waals surface area contributed by atoms with Crippen molar-refractivity contribution in [1.82, 2.24) is 0 Å². The van der Waals surface area contributed by atoms with Gasteiger partial charge >= 0.3 is 5.97 Å². The van der Waals surface area contributed by atoms with E-state index in [-0.39, 0.29) is 0 Å². The lowest BCUT2D eigenvalue weighted by Gasteiger charge is -2.06. The summed E-state index contributed by atoms with van der Waals surface area (Å²) in [6, 6.07) is 0. The summed E-state index contributed by atoms with van der Waals surface area (Å²) in [5.74, 6) is -0.456. The first-order valence-corrected chi connectivity index (χ1v) is 3.67. The molecule has 1 atom stereocenters. The third kappa shape index (κ3) is 7.06. The number of hydrogen-bond acceptors (Lipinski definition) is 3. The van der Waals surface area contributed by atoms with Gasteiger partial charge in [0.15, 0.2) is 0 Å². The van der Waals surface area contributed by atoms with Crippen LogP contribution in [0.1, 0.15) is 26.7 Å². The molecule has 0 saturated heterocycles. The van der Waals surface area contributed by atoms with Crippen molar-refractivity contribution < 1.29 is 14.6 Å². The molecule has 0 rings (SSSR count). The second kappa shape index (κ2) is 5.92. The molecular formula is C8H14O3. The zero-order chi connectivity index (χ0) is 8.69. The SMILES string of the molecule is CC/C=C/CC(O)OC(C)=O. The van der Waals surface area contributed by atoms with E-state index in [1.165, 1.54) is 6.92 Å². The van der Waals surface area contributed by atoms with E-state index in [1.807, 2.05) is 13.0 Å². The Kier molecular flexibility index (Phi) is 5.47. The lowest BCUT2D eigenvalue weighted by Crippen LogP contribution is -2.13. The van der Waals surface area contributed by atoms with E-state index in [0.717, 1.165) is 6.42 Å². The van der Waals surface area contributed by atoms with Crippen LogP contribution < -0.4 is 0 Å². The normalized spacial score (nSPS) is 13.4. The van der Waals surface area contributed by atoms with E-state index < -0.39 is 12.3 Å². The Hall–Kier alpha value is -0.830. The molecule has 0 spiro atoms. The van der Waals surface area contributed by atoms with Crippen LogP contribution in [0.5, 0.6) is 0 Å². The third-order valence-electron chi connectivity index (χ3n) is 1.04. The minimum absolute atomic E-state index is 0.368. The lowest BCUT2D eigenvalue weighted by molar-refractivity contribution is -0.164. The van der Waals surface area contributed by atoms with Crippen LogP contribution in [0.15, 0.2) is 12.2 Å². The minimum Gasteiger partial charge on any atom is -0.436 e. The first-order valence-electron chi connectivity index (χ1n) is 3.67. The van der Waals surface area contributed by atoms with Crippen LogP contribution in [0.25, 0.3) is 0 Å². The van der Waals surface area contributed by atoms with Crippen molar-refractivity contribution in [1.29, 1.82) is 0 Å². The maximum absolute atomic E-state index is 10.3. The Balaban J connectivity index is 3.44. The summed E-state index contributed by atoms with van der Waals surface area (Å²) >= 11 is 0. The van der Waals surface area contributed by atoms with E-state index in [1.54, 1.807) is 6.08 Å². The first-order chi connectivity index (χ1) is 5.16. The molecule has 0 saturated carbocycles. The van der Waals surface area contributed by atoms with E-state index in [9.17, 15) is 4.79 Å². The van der Waals surface area contributed by atoms with Gasteiger partial charge in [-0.2, -0.15) is 0 Å². The molecular weight excluding hydrogens is 144 g/mol. The van der Waals surface area contributed by atoms with Gasteiger partial charge in [-0.15, -0.1) is 0 Å². The number of hydrogen-bond donors (Lipinski definition) is 1. The molecule has 0 heterocycles. The van der Waals surface area contributed by atoms with Gasteiger partial charge in [0, 0.05) is 13.3 Å². The fraction of sp³-hybridized carbons (Fsp3) is 0.625. The Bertz CT molecular complexity index is 140. The van der Waals surface area contributed by atoms with Crippen LogP contribution in [0.2, 0.25) is 0 Å². The summed E-state index contributed by atoms with van der Waals surface area (Å²) in [7, 11) is 0. The van der Waals surface area contributed by atoms with Crippen LogP contribution in [0.3, 0.4) is 0 Å². The van der Waals surface area contributed by atoms with Crippen molar-refractivity contribution in [2.45, 2.75) is 33.0 Å². The van der Waals surface area contributed by atoms with Gasteiger partial charge in [-0.3, -0.25) is 4.79 Å². The second-order valence-electron chi connectivity index (χ2n) is 2.18. The quantitative estimate of drug-likeness (QED) is 0.380. The zero-order valence-corrected chi connectivity index (χ0v) is 6.91. The summed E-state index contributed by atoms with van der Waals surface area (Å²) in [6.45, 7) is 3.27. The van der Waals surface area contributed by atoms with E-state index in [2.05, 4.69) is 4.74 Å². The first kappa shape index (κ1) is 10.2. The molecule has 0 radical (unpaired) electrons. The van der Waals surface area contributed by atoms with E-state index in [0.29, 0.717) is 6.42 Å². The van der Waals surface area contributed by atoms with E-state index in [4.69, 9.17) is 5.11 Å². The van der Waals surface area contributed by atoms with Crippen LogP contribution in [-0.2, 0) is 9.53 Å². The van der Waals surface area contributed by atoms with Gasteiger partial charge in [0.25, 0.3) is 0 Å². The number of rotatable bonds is 4. The monoisotopic (exact) mass is 158 g/mol. The molecule has 0 fully saturated rings. The minimum atomic E-state index is -0.990. The molecule has 0 aromatic carbocycles. The molecule has 0 aromatic heterocycles. The molecule has 0 aromatic rings. The molecule has 0 aliphatic carbocycles. The second-order valence-corrected chi connectivity index (χ2v) is 2.18. The predicted octanol–water partition coefficient (Wildman–Crippen LogP) is 1.22. The molecule has 3 nitrogen and oxygen atoms in total. The maximum Gasteiger partial charge on any atom is 0.304 e. The Morgan fingerprint density at radius 3 is 2.73 bits per heavy atom. The highest BCUT2D eigenvalue weighted by molar-refractivity contribution is 5.66.